The summed E-state index contributed by atoms with van der Waals surface area (Å²) in [6, 6.07) is 11.4. The molecule has 0 saturated carbocycles. The van der Waals surface area contributed by atoms with Gasteiger partial charge in [-0.1, -0.05) is 44.2 Å². The molecule has 2 unspecified atom stereocenters. The topological polar surface area (TPSA) is 15.3 Å². The van der Waals surface area contributed by atoms with Gasteiger partial charge < -0.3 is 10.2 Å². The van der Waals surface area contributed by atoms with E-state index in [-0.39, 0.29) is 0 Å². The Balaban J connectivity index is 1.87. The first-order chi connectivity index (χ1) is 9.79. The minimum Gasteiger partial charge on any atom is -0.310 e. The molecule has 0 aromatic heterocycles. The third kappa shape index (κ3) is 5.12. The molecule has 1 heterocycles. The summed E-state index contributed by atoms with van der Waals surface area (Å²) in [6.45, 7) is 9.40. The molecule has 20 heavy (non-hydrogen) atoms. The molecule has 2 nitrogen and oxygen atoms in total. The minimum atomic E-state index is 0.501. The molecule has 2 atom stereocenters. The third-order valence-corrected chi connectivity index (χ3v) is 5.04. The van der Waals surface area contributed by atoms with Crippen LogP contribution in [-0.4, -0.2) is 42.1 Å². The standard InChI is InChI=1S/C17H28N2S/c1-3-10-18-17(16-7-5-4-6-8-16)9-11-19-12-13-20-15(2)14-19/h4-8,15,17-18H,3,9-14H2,1-2H3. The lowest BCUT2D eigenvalue weighted by atomic mass is 10.0. The Morgan fingerprint density at radius 1 is 1.35 bits per heavy atom. The fourth-order valence-corrected chi connectivity index (χ4v) is 3.88. The van der Waals surface area contributed by atoms with E-state index in [0.29, 0.717) is 6.04 Å². The van der Waals surface area contributed by atoms with E-state index in [1.165, 1.54) is 43.8 Å². The molecule has 0 bridgehead atoms. The van der Waals surface area contributed by atoms with Gasteiger partial charge in [0.05, 0.1) is 0 Å². The number of nitrogens with one attached hydrogen (secondary N) is 1. The maximum atomic E-state index is 3.70. The van der Waals surface area contributed by atoms with Gasteiger partial charge in [-0.25, -0.2) is 0 Å². The Morgan fingerprint density at radius 2 is 2.15 bits per heavy atom. The van der Waals surface area contributed by atoms with Gasteiger partial charge in [0, 0.05) is 36.7 Å². The molecule has 0 amide bonds. The minimum absolute atomic E-state index is 0.501. The molecular formula is C17H28N2S. The van der Waals surface area contributed by atoms with Gasteiger partial charge in [-0.2, -0.15) is 11.8 Å². The summed E-state index contributed by atoms with van der Waals surface area (Å²) in [7, 11) is 0. The van der Waals surface area contributed by atoms with Crippen LogP contribution in [0.3, 0.4) is 0 Å². The number of rotatable bonds is 7. The molecular weight excluding hydrogens is 264 g/mol. The normalized spacial score (nSPS) is 21.8. The molecule has 1 aliphatic rings. The Hall–Kier alpha value is -0.510. The van der Waals surface area contributed by atoms with Crippen LogP contribution in [-0.2, 0) is 0 Å². The largest absolute Gasteiger partial charge is 0.310 e. The number of hydrogen-bond acceptors (Lipinski definition) is 3. The number of benzene rings is 1. The van der Waals surface area contributed by atoms with Gasteiger partial charge in [-0.3, -0.25) is 0 Å². The lowest BCUT2D eigenvalue weighted by Gasteiger charge is -2.32. The molecule has 1 aromatic carbocycles. The fraction of sp³-hybridized carbons (Fsp3) is 0.647. The molecule has 1 aromatic rings. The lowest BCUT2D eigenvalue weighted by molar-refractivity contribution is 0.267. The first kappa shape index (κ1) is 15.9. The number of hydrogen-bond donors (Lipinski definition) is 1. The molecule has 2 rings (SSSR count). The predicted molar refractivity (Wildman–Crippen MR) is 90.5 cm³/mol. The van der Waals surface area contributed by atoms with Gasteiger partial charge in [-0.05, 0) is 24.9 Å². The highest BCUT2D eigenvalue weighted by molar-refractivity contribution is 7.99. The second kappa shape index (κ2) is 8.71. The number of nitrogens with zero attached hydrogens (tertiary/aromatic N) is 1. The van der Waals surface area contributed by atoms with Gasteiger partial charge >= 0.3 is 0 Å². The van der Waals surface area contributed by atoms with Crippen molar-refractivity contribution >= 4 is 11.8 Å². The van der Waals surface area contributed by atoms with Crippen LogP contribution in [0.15, 0.2) is 30.3 Å². The van der Waals surface area contributed by atoms with Crippen molar-refractivity contribution in [2.24, 2.45) is 0 Å². The SMILES string of the molecule is CCCNC(CCN1CCSC(C)C1)c1ccccc1. The second-order valence-corrected chi connectivity index (χ2v) is 7.23. The summed E-state index contributed by atoms with van der Waals surface area (Å²) in [5, 5.41) is 4.50. The molecule has 1 saturated heterocycles. The van der Waals surface area contributed by atoms with Crippen molar-refractivity contribution in [1.29, 1.82) is 0 Å². The van der Waals surface area contributed by atoms with E-state index >= 15 is 0 Å². The Kier molecular flexibility index (Phi) is 6.91. The van der Waals surface area contributed by atoms with Gasteiger partial charge in [-0.15, -0.1) is 0 Å². The molecule has 0 radical (unpaired) electrons. The predicted octanol–water partition coefficient (Wildman–Crippen LogP) is 3.55. The van der Waals surface area contributed by atoms with E-state index < -0.39 is 0 Å². The van der Waals surface area contributed by atoms with Gasteiger partial charge in [0.25, 0.3) is 0 Å². The van der Waals surface area contributed by atoms with Crippen LogP contribution in [0.1, 0.15) is 38.3 Å². The van der Waals surface area contributed by atoms with Gasteiger partial charge in [0.15, 0.2) is 0 Å². The third-order valence-electron chi connectivity index (χ3n) is 3.90. The summed E-state index contributed by atoms with van der Waals surface area (Å²) in [6.07, 6.45) is 2.40. The second-order valence-electron chi connectivity index (χ2n) is 5.69. The van der Waals surface area contributed by atoms with Crippen LogP contribution >= 0.6 is 11.8 Å². The average Bonchev–Trinajstić information content (AvgIpc) is 2.48. The quantitative estimate of drug-likeness (QED) is 0.827. The van der Waals surface area contributed by atoms with E-state index in [1.807, 2.05) is 0 Å². The van der Waals surface area contributed by atoms with Crippen LogP contribution < -0.4 is 5.32 Å². The highest BCUT2D eigenvalue weighted by Crippen LogP contribution is 2.21. The molecule has 112 valence electrons. The molecule has 0 spiro atoms. The zero-order chi connectivity index (χ0) is 14.2. The first-order valence-electron chi connectivity index (χ1n) is 7.92. The summed E-state index contributed by atoms with van der Waals surface area (Å²) in [4.78, 5) is 2.63. The van der Waals surface area contributed by atoms with Gasteiger partial charge in [0.1, 0.15) is 0 Å². The monoisotopic (exact) mass is 292 g/mol. The molecule has 0 aliphatic carbocycles. The van der Waals surface area contributed by atoms with Crippen molar-refractivity contribution in [2.75, 3.05) is 31.9 Å². The van der Waals surface area contributed by atoms with Crippen LogP contribution in [0.5, 0.6) is 0 Å². The van der Waals surface area contributed by atoms with E-state index in [2.05, 4.69) is 66.2 Å². The van der Waals surface area contributed by atoms with Crippen molar-refractivity contribution in [2.45, 2.75) is 38.0 Å². The van der Waals surface area contributed by atoms with Crippen LogP contribution in [0, 0.1) is 0 Å². The summed E-state index contributed by atoms with van der Waals surface area (Å²) in [5.41, 5.74) is 1.43. The Morgan fingerprint density at radius 3 is 2.85 bits per heavy atom. The molecule has 1 N–H and O–H groups in total. The van der Waals surface area contributed by atoms with Crippen LogP contribution in [0.2, 0.25) is 0 Å². The highest BCUT2D eigenvalue weighted by Gasteiger charge is 2.18. The van der Waals surface area contributed by atoms with Gasteiger partial charge in [0.2, 0.25) is 0 Å². The van der Waals surface area contributed by atoms with E-state index in [1.54, 1.807) is 0 Å². The molecule has 3 heteroatoms. The maximum absolute atomic E-state index is 3.70. The maximum Gasteiger partial charge on any atom is 0.0332 e. The average molecular weight is 292 g/mol. The van der Waals surface area contributed by atoms with Crippen LogP contribution in [0.25, 0.3) is 0 Å². The van der Waals surface area contributed by atoms with Crippen molar-refractivity contribution in [3.05, 3.63) is 35.9 Å². The first-order valence-corrected chi connectivity index (χ1v) is 8.96. The van der Waals surface area contributed by atoms with E-state index in [4.69, 9.17) is 0 Å². The van der Waals surface area contributed by atoms with Crippen LogP contribution in [0.4, 0.5) is 0 Å². The van der Waals surface area contributed by atoms with E-state index in [9.17, 15) is 0 Å². The zero-order valence-corrected chi connectivity index (χ0v) is 13.7. The highest BCUT2D eigenvalue weighted by atomic mass is 32.2. The van der Waals surface area contributed by atoms with Crippen molar-refractivity contribution < 1.29 is 0 Å². The van der Waals surface area contributed by atoms with Crippen molar-refractivity contribution in [1.82, 2.24) is 10.2 Å². The lowest BCUT2D eigenvalue weighted by Crippen LogP contribution is -2.38. The summed E-state index contributed by atoms with van der Waals surface area (Å²) < 4.78 is 0. The van der Waals surface area contributed by atoms with Crippen molar-refractivity contribution in [3.8, 4) is 0 Å². The summed E-state index contributed by atoms with van der Waals surface area (Å²) in [5.74, 6) is 1.29. The van der Waals surface area contributed by atoms with E-state index in [0.717, 1.165) is 11.8 Å². The number of thioether (sulfide) groups is 1. The Labute approximate surface area is 128 Å². The smallest absolute Gasteiger partial charge is 0.0332 e. The Bertz CT molecular complexity index is 369. The fourth-order valence-electron chi connectivity index (χ4n) is 2.80. The molecule has 1 aliphatic heterocycles. The zero-order valence-electron chi connectivity index (χ0n) is 12.8. The summed E-state index contributed by atoms with van der Waals surface area (Å²) >= 11 is 2.11. The van der Waals surface area contributed by atoms with Crippen molar-refractivity contribution in [3.63, 3.8) is 0 Å². The molecule has 1 fully saturated rings.